The Kier molecular flexibility index (Phi) is 8.19. The molecule has 0 saturated carbocycles. The molecule has 1 aliphatic carbocycles. The third-order valence-electron chi connectivity index (χ3n) is 9.17. The van der Waals surface area contributed by atoms with Gasteiger partial charge in [-0.15, -0.1) is 0 Å². The van der Waals surface area contributed by atoms with Crippen molar-refractivity contribution in [3.63, 3.8) is 0 Å². The number of allylic oxidation sites excluding steroid dienone is 1. The number of fused-ring (bicyclic) bond motifs is 4. The van der Waals surface area contributed by atoms with Crippen LogP contribution in [0.25, 0.3) is 28.3 Å². The van der Waals surface area contributed by atoms with Gasteiger partial charge in [-0.1, -0.05) is 0 Å². The molecule has 0 amide bonds. The Hall–Kier alpha value is -1.70. The minimum absolute atomic E-state index is 0.00147. The van der Waals surface area contributed by atoms with E-state index in [9.17, 15) is 0 Å². The van der Waals surface area contributed by atoms with E-state index in [2.05, 4.69) is 133 Å². The Morgan fingerprint density at radius 3 is 2.14 bits per heavy atom. The van der Waals surface area contributed by atoms with Crippen molar-refractivity contribution in [2.24, 2.45) is 5.92 Å². The monoisotopic (exact) mass is 686 g/mol. The molecule has 0 N–H and O–H groups in total. The molecule has 1 heterocycles. The summed E-state index contributed by atoms with van der Waals surface area (Å²) in [6, 6.07) is 29.5. The van der Waals surface area contributed by atoms with Gasteiger partial charge in [-0.3, -0.25) is 0 Å². The van der Waals surface area contributed by atoms with Crippen LogP contribution in [0.2, 0.25) is 0 Å². The summed E-state index contributed by atoms with van der Waals surface area (Å²) in [7, 11) is 15.3. The Balaban J connectivity index is 1.59. The van der Waals surface area contributed by atoms with E-state index in [1.165, 1.54) is 63.7 Å². The molecule has 1 atom stereocenters. The van der Waals surface area contributed by atoms with E-state index >= 15 is 0 Å². The second-order valence-electron chi connectivity index (χ2n) is 14.0. The number of hydrogen-bond acceptors (Lipinski definition) is 0. The summed E-state index contributed by atoms with van der Waals surface area (Å²) in [5.74, 6) is 0.955. The summed E-state index contributed by atoms with van der Waals surface area (Å²) in [6.45, 7) is 16.3. The SMILES string of the molecule is CC(C)CC1=Cc2c(ccc(C(C)(C)C)c2-c2ccccc2C(C)C)[CH]1[Zr]([Cl])([Cl])[c]1cccc2c1[SiH2]c1ccccc1-2. The van der Waals surface area contributed by atoms with Crippen molar-refractivity contribution in [1.29, 1.82) is 0 Å². The van der Waals surface area contributed by atoms with Crippen LogP contribution in [0, 0.1) is 5.92 Å². The van der Waals surface area contributed by atoms with Crippen LogP contribution in [0.4, 0.5) is 0 Å². The van der Waals surface area contributed by atoms with Crippen molar-refractivity contribution < 1.29 is 17.9 Å². The Bertz CT molecular complexity index is 1710. The fourth-order valence-electron chi connectivity index (χ4n) is 7.36. The van der Waals surface area contributed by atoms with Gasteiger partial charge in [0.2, 0.25) is 0 Å². The van der Waals surface area contributed by atoms with E-state index in [1.807, 2.05) is 0 Å². The Morgan fingerprint density at radius 1 is 0.786 bits per heavy atom. The molecule has 4 heteroatoms. The molecule has 1 aliphatic heterocycles. The normalized spacial score (nSPS) is 16.6. The van der Waals surface area contributed by atoms with Crippen molar-refractivity contribution >= 4 is 46.3 Å². The van der Waals surface area contributed by atoms with Gasteiger partial charge in [0.25, 0.3) is 0 Å². The summed E-state index contributed by atoms with van der Waals surface area (Å²) in [6.07, 6.45) is 3.52. The van der Waals surface area contributed by atoms with Gasteiger partial charge in [-0.05, 0) is 0 Å². The molecule has 42 heavy (non-hydrogen) atoms. The Labute approximate surface area is 266 Å². The fourth-order valence-corrected chi connectivity index (χ4v) is 24.2. The molecule has 2 aliphatic rings. The zero-order valence-electron chi connectivity index (χ0n) is 26.0. The second kappa shape index (κ2) is 11.3. The van der Waals surface area contributed by atoms with E-state index in [0.717, 1.165) is 6.42 Å². The van der Waals surface area contributed by atoms with Gasteiger partial charge in [0.05, 0.1) is 0 Å². The molecule has 0 bridgehead atoms. The average Bonchev–Trinajstić information content (AvgIpc) is 3.49. The second-order valence-corrected chi connectivity index (χ2v) is 29.8. The number of hydrogen-bond donors (Lipinski definition) is 0. The first-order valence-electron chi connectivity index (χ1n) is 15.4. The quantitative estimate of drug-likeness (QED) is 0.156. The minimum atomic E-state index is -4.04. The standard InChI is InChI=1S/C26H33.C12H9Si.2ClH.Zr/c1-17(2)14-19-15-20-12-13-24(26(5,6)7)25(23(20)16-19)22-11-9-8-10-21(22)18(3)4;1-3-7-11-9(5-1)10-6-2-4-8-12(10)13-11;;;/h8-13,15-18H,14H2,1-7H3;1-7H,13H2;2*1H;/q;;;;+2/p-2. The molecule has 4 aromatic carbocycles. The zero-order valence-corrected chi connectivity index (χ0v) is 31.4. The van der Waals surface area contributed by atoms with Crippen molar-refractivity contribution in [3.05, 3.63) is 107 Å². The first kappa shape index (κ1) is 30.3. The van der Waals surface area contributed by atoms with Gasteiger partial charge in [0.15, 0.2) is 0 Å². The van der Waals surface area contributed by atoms with Gasteiger partial charge in [-0.2, -0.15) is 0 Å². The zero-order chi connectivity index (χ0) is 30.0. The molecule has 0 radical (unpaired) electrons. The van der Waals surface area contributed by atoms with E-state index in [-0.39, 0.29) is 9.04 Å². The maximum atomic E-state index is 7.97. The molecule has 0 nitrogen and oxygen atoms in total. The van der Waals surface area contributed by atoms with Crippen molar-refractivity contribution in [3.8, 4) is 22.3 Å². The first-order chi connectivity index (χ1) is 19.9. The summed E-state index contributed by atoms with van der Waals surface area (Å²) in [4.78, 5) is 0. The van der Waals surface area contributed by atoms with Crippen molar-refractivity contribution in [2.75, 3.05) is 0 Å². The predicted molar refractivity (Wildman–Crippen MR) is 186 cm³/mol. The number of rotatable bonds is 6. The molecular weight excluding hydrogens is 647 g/mol. The molecule has 6 rings (SSSR count). The molecule has 0 fully saturated rings. The van der Waals surface area contributed by atoms with Gasteiger partial charge in [-0.25, -0.2) is 0 Å². The van der Waals surface area contributed by atoms with Crippen LogP contribution < -0.4 is 13.6 Å². The average molecular weight is 689 g/mol. The topological polar surface area (TPSA) is 0 Å². The van der Waals surface area contributed by atoms with Crippen LogP contribution in [0.5, 0.6) is 0 Å². The maximum absolute atomic E-state index is 7.97. The fraction of sp³-hybridized carbons (Fsp3) is 0.316. The van der Waals surface area contributed by atoms with E-state index in [0.29, 0.717) is 11.8 Å². The van der Waals surface area contributed by atoms with Crippen molar-refractivity contribution in [1.82, 2.24) is 0 Å². The summed E-state index contributed by atoms with van der Waals surface area (Å²) in [5, 5.41) is 3.01. The molecule has 0 aromatic heterocycles. The summed E-state index contributed by atoms with van der Waals surface area (Å²) >= 11 is -4.04. The first-order valence-corrected chi connectivity index (χ1v) is 25.8. The third-order valence-corrected chi connectivity index (χ3v) is 23.5. The third kappa shape index (κ3) is 5.19. The van der Waals surface area contributed by atoms with Gasteiger partial charge in [0.1, 0.15) is 0 Å². The van der Waals surface area contributed by atoms with Crippen LogP contribution in [0.15, 0.2) is 84.4 Å². The van der Waals surface area contributed by atoms with E-state index < -0.39 is 27.4 Å². The molecule has 4 aromatic rings. The van der Waals surface area contributed by atoms with Gasteiger partial charge in [0, 0.05) is 0 Å². The summed E-state index contributed by atoms with van der Waals surface area (Å²) < 4.78 is 1.41. The Morgan fingerprint density at radius 2 is 1.45 bits per heavy atom. The molecular formula is C38H42Cl2SiZr. The van der Waals surface area contributed by atoms with Crippen LogP contribution in [0.1, 0.15) is 86.7 Å². The van der Waals surface area contributed by atoms with E-state index in [1.54, 1.807) is 0 Å². The number of halogens is 2. The predicted octanol–water partition coefficient (Wildman–Crippen LogP) is 9.15. The molecule has 0 spiro atoms. The van der Waals surface area contributed by atoms with E-state index in [4.69, 9.17) is 17.0 Å². The van der Waals surface area contributed by atoms with Crippen LogP contribution >= 0.6 is 17.0 Å². The molecule has 216 valence electrons. The van der Waals surface area contributed by atoms with Crippen molar-refractivity contribution in [2.45, 2.75) is 69.8 Å². The van der Waals surface area contributed by atoms with Crippen LogP contribution in [-0.2, 0) is 23.3 Å². The number of benzene rings is 4. The van der Waals surface area contributed by atoms with Gasteiger partial charge >= 0.3 is 269 Å². The van der Waals surface area contributed by atoms with Crippen LogP contribution in [0.3, 0.4) is 0 Å². The molecule has 0 saturated heterocycles. The summed E-state index contributed by atoms with van der Waals surface area (Å²) in [5.41, 5.74) is 12.4. The van der Waals surface area contributed by atoms with Crippen LogP contribution in [-0.4, -0.2) is 9.52 Å². The molecule has 1 unspecified atom stereocenters. The van der Waals surface area contributed by atoms with Gasteiger partial charge < -0.3 is 0 Å².